The molecule has 0 fully saturated rings. The third kappa shape index (κ3) is 4.89. The standard InChI is InChI=1S/C4HCl2N2.HI.Mg/c5-3-1-2-7-4(6)8-3;;/h2H;1H;/q-1;;+2/p-1. The average molecular weight is 299 g/mol. The van der Waals surface area contributed by atoms with E-state index in [0.717, 1.165) is 0 Å². The fourth-order valence-corrected chi connectivity index (χ4v) is 0.586. The molecule has 0 radical (unpaired) electrons. The molecule has 6 heteroatoms. The molecule has 0 unspecified atom stereocenters. The van der Waals surface area contributed by atoms with Gasteiger partial charge in [-0.2, -0.15) is 0 Å². The molecule has 0 aliphatic carbocycles. The van der Waals surface area contributed by atoms with E-state index < -0.39 is 0 Å². The summed E-state index contributed by atoms with van der Waals surface area (Å²) in [6, 6.07) is 2.53. The van der Waals surface area contributed by atoms with Crippen LogP contribution in [0.25, 0.3) is 0 Å². The minimum Gasteiger partial charge on any atom is -1.00 e. The number of hydrogen-bond donors (Lipinski definition) is 0. The van der Waals surface area contributed by atoms with Gasteiger partial charge in [-0.3, -0.25) is 4.98 Å². The molecule has 0 atom stereocenters. The smallest absolute Gasteiger partial charge is 1.00 e. The molecule has 1 rings (SSSR count). The third-order valence-corrected chi connectivity index (χ3v) is 0.921. The van der Waals surface area contributed by atoms with Gasteiger partial charge in [-0.1, -0.05) is 0 Å². The number of hydrogen-bond acceptors (Lipinski definition) is 2. The molecule has 0 saturated heterocycles. The van der Waals surface area contributed by atoms with Crippen molar-refractivity contribution >= 4 is 46.3 Å². The molecular weight excluding hydrogens is 298 g/mol. The normalized spacial score (nSPS) is 7.40. The first kappa shape index (κ1) is 13.7. The number of aromatic nitrogens is 2. The molecule has 0 aliphatic rings. The zero-order valence-electron chi connectivity index (χ0n) is 4.81. The van der Waals surface area contributed by atoms with Crippen LogP contribution in [0, 0.1) is 6.07 Å². The van der Waals surface area contributed by atoms with E-state index in [4.69, 9.17) is 23.2 Å². The van der Waals surface area contributed by atoms with E-state index in [1.807, 2.05) is 0 Å². The molecule has 0 saturated carbocycles. The zero-order valence-corrected chi connectivity index (χ0v) is 9.90. The van der Waals surface area contributed by atoms with Gasteiger partial charge in [-0.15, -0.1) is 17.8 Å². The van der Waals surface area contributed by atoms with Gasteiger partial charge in [0.05, 0.1) is 0 Å². The van der Waals surface area contributed by atoms with Crippen molar-refractivity contribution in [3.8, 4) is 0 Å². The summed E-state index contributed by atoms with van der Waals surface area (Å²) in [4.78, 5) is 7.09. The van der Waals surface area contributed by atoms with Crippen molar-refractivity contribution in [1.29, 1.82) is 0 Å². The van der Waals surface area contributed by atoms with E-state index in [1.54, 1.807) is 0 Å². The first-order chi connectivity index (χ1) is 3.79. The van der Waals surface area contributed by atoms with Crippen LogP contribution in [-0.4, -0.2) is 33.0 Å². The Bertz CT molecular complexity index is 181. The molecule has 0 N–H and O–H groups in total. The summed E-state index contributed by atoms with van der Waals surface area (Å²) in [5.74, 6) is 0. The molecular formula is C4HCl2IMgN2. The average Bonchev–Trinajstić information content (AvgIpc) is 1.64. The van der Waals surface area contributed by atoms with E-state index in [0.29, 0.717) is 0 Å². The minimum absolute atomic E-state index is 0. The van der Waals surface area contributed by atoms with Crippen molar-refractivity contribution in [2.45, 2.75) is 0 Å². The predicted octanol–water partition coefficient (Wildman–Crippen LogP) is -1.79. The van der Waals surface area contributed by atoms with Crippen LogP contribution in [0.5, 0.6) is 0 Å². The molecule has 0 amide bonds. The maximum absolute atomic E-state index is 5.35. The quantitative estimate of drug-likeness (QED) is 0.186. The Balaban J connectivity index is 0. The molecule has 1 heterocycles. The molecule has 2 nitrogen and oxygen atoms in total. The summed E-state index contributed by atoms with van der Waals surface area (Å²) in [7, 11) is 0. The second kappa shape index (κ2) is 6.84. The maximum atomic E-state index is 5.35. The Morgan fingerprint density at radius 1 is 1.40 bits per heavy atom. The number of halogens is 3. The van der Waals surface area contributed by atoms with Gasteiger partial charge in [-0.25, -0.2) is 4.98 Å². The molecule has 0 bridgehead atoms. The predicted molar refractivity (Wildman–Crippen MR) is 36.6 cm³/mol. The Morgan fingerprint density at radius 2 is 2.00 bits per heavy atom. The Labute approximate surface area is 102 Å². The summed E-state index contributed by atoms with van der Waals surface area (Å²) in [5.41, 5.74) is 0. The van der Waals surface area contributed by atoms with Gasteiger partial charge >= 0.3 is 23.1 Å². The van der Waals surface area contributed by atoms with Gasteiger partial charge in [0, 0.05) is 0 Å². The molecule has 1 aromatic rings. The summed E-state index contributed by atoms with van der Waals surface area (Å²) in [6.07, 6.45) is 1.37. The van der Waals surface area contributed by atoms with Crippen LogP contribution in [0.1, 0.15) is 0 Å². The third-order valence-electron chi connectivity index (χ3n) is 0.545. The van der Waals surface area contributed by atoms with Crippen molar-refractivity contribution in [1.82, 2.24) is 9.97 Å². The number of nitrogens with zero attached hydrogens (tertiary/aromatic N) is 2. The second-order valence-electron chi connectivity index (χ2n) is 1.07. The van der Waals surface area contributed by atoms with Crippen molar-refractivity contribution in [3.63, 3.8) is 0 Å². The first-order valence-corrected chi connectivity index (χ1v) is 2.60. The van der Waals surface area contributed by atoms with E-state index in [9.17, 15) is 0 Å². The molecule has 1 aromatic heterocycles. The summed E-state index contributed by atoms with van der Waals surface area (Å²) in [6.45, 7) is 0. The molecule has 10 heavy (non-hydrogen) atoms. The largest absolute Gasteiger partial charge is 2.00 e. The summed E-state index contributed by atoms with van der Waals surface area (Å²) >= 11 is 10.7. The van der Waals surface area contributed by atoms with E-state index in [1.165, 1.54) is 6.20 Å². The zero-order chi connectivity index (χ0) is 5.98. The van der Waals surface area contributed by atoms with Crippen LogP contribution >= 0.6 is 23.2 Å². The van der Waals surface area contributed by atoms with Gasteiger partial charge in [0.2, 0.25) is 5.28 Å². The molecule has 0 spiro atoms. The van der Waals surface area contributed by atoms with Gasteiger partial charge in [0.15, 0.2) is 0 Å². The van der Waals surface area contributed by atoms with Crippen LogP contribution < -0.4 is 24.0 Å². The van der Waals surface area contributed by atoms with Crippen LogP contribution in [0.4, 0.5) is 0 Å². The Kier molecular flexibility index (Phi) is 9.39. The van der Waals surface area contributed by atoms with Gasteiger partial charge in [0.25, 0.3) is 0 Å². The first-order valence-electron chi connectivity index (χ1n) is 1.85. The van der Waals surface area contributed by atoms with Gasteiger partial charge < -0.3 is 30.0 Å². The van der Waals surface area contributed by atoms with Crippen molar-refractivity contribution in [3.05, 3.63) is 22.7 Å². The summed E-state index contributed by atoms with van der Waals surface area (Å²) in [5, 5.41) is 0.388. The number of rotatable bonds is 0. The second-order valence-corrected chi connectivity index (χ2v) is 1.77. The van der Waals surface area contributed by atoms with Crippen LogP contribution in [-0.2, 0) is 0 Å². The van der Waals surface area contributed by atoms with Crippen LogP contribution in [0.3, 0.4) is 0 Å². The van der Waals surface area contributed by atoms with Crippen molar-refractivity contribution in [2.75, 3.05) is 0 Å². The monoisotopic (exact) mass is 298 g/mol. The Morgan fingerprint density at radius 3 is 2.30 bits per heavy atom. The Hall–Kier alpha value is 1.16. The van der Waals surface area contributed by atoms with E-state index in [2.05, 4.69) is 16.0 Å². The summed E-state index contributed by atoms with van der Waals surface area (Å²) < 4.78 is 0. The SMILES string of the molecule is Clc1[c-]cnc(Cl)n1.[I-].[Mg+2]. The van der Waals surface area contributed by atoms with Gasteiger partial charge in [-0.05, 0) is 16.8 Å². The van der Waals surface area contributed by atoms with E-state index >= 15 is 0 Å². The van der Waals surface area contributed by atoms with Gasteiger partial charge in [0.1, 0.15) is 0 Å². The van der Waals surface area contributed by atoms with Crippen molar-refractivity contribution < 1.29 is 24.0 Å². The maximum Gasteiger partial charge on any atom is 2.00 e. The van der Waals surface area contributed by atoms with Crippen LogP contribution in [0.15, 0.2) is 6.20 Å². The fourth-order valence-electron chi connectivity index (χ4n) is 0.281. The van der Waals surface area contributed by atoms with E-state index in [-0.39, 0.29) is 57.5 Å². The minimum atomic E-state index is 0. The fraction of sp³-hybridized carbons (Fsp3) is 0. The molecule has 0 aliphatic heterocycles. The van der Waals surface area contributed by atoms with Crippen molar-refractivity contribution in [2.24, 2.45) is 0 Å². The topological polar surface area (TPSA) is 25.8 Å². The molecule has 0 aromatic carbocycles. The molecule has 50 valence electrons. The van der Waals surface area contributed by atoms with Crippen LogP contribution in [0.2, 0.25) is 10.4 Å².